The van der Waals surface area contributed by atoms with Gasteiger partial charge in [-0.25, -0.2) is 0 Å². The van der Waals surface area contributed by atoms with Crippen molar-refractivity contribution in [1.29, 1.82) is 0 Å². The van der Waals surface area contributed by atoms with Gasteiger partial charge in [0, 0.05) is 8.07 Å². The van der Waals surface area contributed by atoms with E-state index in [1.165, 1.54) is 32.7 Å². The van der Waals surface area contributed by atoms with Gasteiger partial charge < -0.3 is 0 Å². The van der Waals surface area contributed by atoms with Crippen molar-refractivity contribution >= 4 is 40.0 Å². The van der Waals surface area contributed by atoms with Crippen LogP contribution < -0.4 is 10.4 Å². The molecule has 0 amide bonds. The minimum absolute atomic E-state index is 0. The van der Waals surface area contributed by atoms with Crippen LogP contribution in [-0.2, 0) is 26.2 Å². The molecule has 0 radical (unpaired) electrons. The summed E-state index contributed by atoms with van der Waals surface area (Å²) in [4.78, 5) is 0. The van der Waals surface area contributed by atoms with Crippen LogP contribution in [0, 0.1) is 13.8 Å². The molecular weight excluding hydrogens is 384 g/mol. The van der Waals surface area contributed by atoms with E-state index in [4.69, 9.17) is 0 Å². The van der Waals surface area contributed by atoms with Crippen LogP contribution in [0.1, 0.15) is 11.1 Å². The molecule has 0 saturated heterocycles. The minimum Gasteiger partial charge on any atom is -0.159 e. The van der Waals surface area contributed by atoms with E-state index in [1.54, 1.807) is 10.4 Å². The maximum atomic E-state index is 2.51. The Hall–Kier alpha value is -1.24. The molecule has 0 aliphatic carbocycles. The molecule has 0 unspecified atom stereocenters. The van der Waals surface area contributed by atoms with Crippen LogP contribution in [0.3, 0.4) is 0 Å². The molecule has 2 heteroatoms. The SMILES string of the molecule is Cc1[cH-]c2ccccc2c1[Si](C)(C)c1c(C)[cH-]c2ccccc12.[Zr+2]. The Morgan fingerprint density at radius 3 is 1.46 bits per heavy atom. The fraction of sp³-hybridized carbons (Fsp3) is 0.182. The molecule has 0 aliphatic heterocycles. The topological polar surface area (TPSA) is 0 Å². The monoisotopic (exact) mass is 404 g/mol. The Balaban J connectivity index is 0.00000169. The molecule has 0 fully saturated rings. The normalized spacial score (nSPS) is 11.8. The molecule has 0 bridgehead atoms. The number of benzene rings is 2. The van der Waals surface area contributed by atoms with Gasteiger partial charge in [0.15, 0.2) is 0 Å². The second-order valence-electron chi connectivity index (χ2n) is 7.20. The third kappa shape index (κ3) is 2.52. The Labute approximate surface area is 164 Å². The zero-order valence-electron chi connectivity index (χ0n) is 14.8. The molecule has 0 aromatic heterocycles. The van der Waals surface area contributed by atoms with E-state index in [-0.39, 0.29) is 26.2 Å². The van der Waals surface area contributed by atoms with Crippen LogP contribution in [0.5, 0.6) is 0 Å². The van der Waals surface area contributed by atoms with Crippen molar-refractivity contribution in [2.45, 2.75) is 26.9 Å². The predicted octanol–water partition coefficient (Wildman–Crippen LogP) is 4.87. The van der Waals surface area contributed by atoms with Crippen molar-refractivity contribution in [2.24, 2.45) is 0 Å². The smallest absolute Gasteiger partial charge is 0.159 e. The molecule has 0 saturated carbocycles. The molecule has 0 N–H and O–H groups in total. The molecule has 0 atom stereocenters. The van der Waals surface area contributed by atoms with Crippen LogP contribution in [0.4, 0.5) is 0 Å². The van der Waals surface area contributed by atoms with Gasteiger partial charge in [0.05, 0.1) is 0 Å². The first-order chi connectivity index (χ1) is 11.0. The van der Waals surface area contributed by atoms with Gasteiger partial charge in [-0.3, -0.25) is 0 Å². The summed E-state index contributed by atoms with van der Waals surface area (Å²) in [6, 6.07) is 22.4. The van der Waals surface area contributed by atoms with Crippen LogP contribution in [0.25, 0.3) is 21.5 Å². The quantitative estimate of drug-likeness (QED) is 0.330. The van der Waals surface area contributed by atoms with Crippen molar-refractivity contribution in [3.8, 4) is 0 Å². The van der Waals surface area contributed by atoms with Gasteiger partial charge in [0.2, 0.25) is 0 Å². The van der Waals surface area contributed by atoms with E-state index in [0.717, 1.165) is 0 Å². The third-order valence-electron chi connectivity index (χ3n) is 5.24. The van der Waals surface area contributed by atoms with Gasteiger partial charge in [-0.05, 0) is 0 Å². The summed E-state index contributed by atoms with van der Waals surface area (Å²) >= 11 is 0. The third-order valence-corrected chi connectivity index (χ3v) is 9.07. The van der Waals surface area contributed by atoms with Crippen LogP contribution in [0.2, 0.25) is 13.1 Å². The molecule has 4 aromatic rings. The second kappa shape index (κ2) is 6.24. The average molecular weight is 406 g/mol. The Morgan fingerprint density at radius 2 is 1.04 bits per heavy atom. The van der Waals surface area contributed by atoms with E-state index in [9.17, 15) is 0 Å². The van der Waals surface area contributed by atoms with E-state index in [2.05, 4.69) is 87.6 Å². The molecule has 0 aliphatic rings. The van der Waals surface area contributed by atoms with E-state index in [1.807, 2.05) is 0 Å². The molecule has 0 nitrogen and oxygen atoms in total. The predicted molar refractivity (Wildman–Crippen MR) is 105 cm³/mol. The molecular formula is C22H22SiZr. The number of aryl methyl sites for hydroxylation is 2. The van der Waals surface area contributed by atoms with Gasteiger partial charge in [-0.1, -0.05) is 39.1 Å². The fourth-order valence-electron chi connectivity index (χ4n) is 4.52. The first-order valence-corrected chi connectivity index (χ1v) is 11.3. The molecule has 4 aromatic carbocycles. The zero-order valence-corrected chi connectivity index (χ0v) is 18.2. The van der Waals surface area contributed by atoms with Crippen molar-refractivity contribution in [1.82, 2.24) is 0 Å². The number of fused-ring (bicyclic) bond motifs is 2. The summed E-state index contributed by atoms with van der Waals surface area (Å²) in [7, 11) is -1.77. The largest absolute Gasteiger partial charge is 2.00 e. The van der Waals surface area contributed by atoms with Crippen LogP contribution >= 0.6 is 0 Å². The van der Waals surface area contributed by atoms with Gasteiger partial charge in [-0.2, -0.15) is 10.4 Å². The minimum atomic E-state index is -1.77. The van der Waals surface area contributed by atoms with Crippen molar-refractivity contribution in [3.05, 3.63) is 71.8 Å². The summed E-state index contributed by atoms with van der Waals surface area (Å²) in [5.41, 5.74) is 2.90. The van der Waals surface area contributed by atoms with Gasteiger partial charge in [0.1, 0.15) is 0 Å². The first-order valence-electron chi connectivity index (χ1n) is 8.31. The average Bonchev–Trinajstić information content (AvgIpc) is 3.02. The Bertz CT molecular complexity index is 935. The van der Waals surface area contributed by atoms with Gasteiger partial charge in [0.25, 0.3) is 0 Å². The summed E-state index contributed by atoms with van der Waals surface area (Å²) < 4.78 is 0. The molecule has 118 valence electrons. The standard InChI is InChI=1S/C22H22Si.Zr/c1-15-13-17-9-5-7-11-19(17)21(15)23(3,4)22-16(2)14-18-10-6-8-12-20(18)22;/h5-14H,1-4H3;/q-2;+2. The number of hydrogen-bond acceptors (Lipinski definition) is 0. The summed E-state index contributed by atoms with van der Waals surface area (Å²) in [5, 5.41) is 8.88. The number of rotatable bonds is 2. The van der Waals surface area contributed by atoms with Crippen molar-refractivity contribution in [2.75, 3.05) is 0 Å². The van der Waals surface area contributed by atoms with Crippen molar-refractivity contribution in [3.63, 3.8) is 0 Å². The molecule has 0 heterocycles. The van der Waals surface area contributed by atoms with Gasteiger partial charge >= 0.3 is 26.2 Å². The second-order valence-corrected chi connectivity index (χ2v) is 11.5. The molecule has 24 heavy (non-hydrogen) atoms. The Morgan fingerprint density at radius 1 is 0.667 bits per heavy atom. The number of hydrogen-bond donors (Lipinski definition) is 0. The van der Waals surface area contributed by atoms with E-state index < -0.39 is 8.07 Å². The van der Waals surface area contributed by atoms with Gasteiger partial charge in [-0.15, -0.1) is 81.2 Å². The molecule has 4 rings (SSSR count). The Kier molecular flexibility index (Phi) is 4.57. The van der Waals surface area contributed by atoms with Crippen molar-refractivity contribution < 1.29 is 26.2 Å². The van der Waals surface area contributed by atoms with E-state index in [0.29, 0.717) is 0 Å². The fourth-order valence-corrected chi connectivity index (χ4v) is 8.69. The summed E-state index contributed by atoms with van der Waals surface area (Å²) in [6.07, 6.45) is 0. The summed E-state index contributed by atoms with van der Waals surface area (Å²) in [5.74, 6) is 0. The van der Waals surface area contributed by atoms with E-state index >= 15 is 0 Å². The zero-order chi connectivity index (χ0) is 16.2. The maximum Gasteiger partial charge on any atom is 2.00 e. The molecule has 0 spiro atoms. The van der Waals surface area contributed by atoms with Crippen LogP contribution in [-0.4, -0.2) is 8.07 Å². The van der Waals surface area contributed by atoms with Crippen LogP contribution in [0.15, 0.2) is 60.7 Å². The maximum absolute atomic E-state index is 2.51. The first kappa shape index (κ1) is 17.6. The summed E-state index contributed by atoms with van der Waals surface area (Å²) in [6.45, 7) is 9.59.